The summed E-state index contributed by atoms with van der Waals surface area (Å²) in [7, 11) is 0. The highest BCUT2D eigenvalue weighted by Crippen LogP contribution is 2.16. The fraction of sp³-hybridized carbons (Fsp3) is 0.417. The lowest BCUT2D eigenvalue weighted by Crippen LogP contribution is -2.28. The van der Waals surface area contributed by atoms with Crippen LogP contribution in [-0.2, 0) is 0 Å². The molecule has 2 aromatic rings. The van der Waals surface area contributed by atoms with Crippen molar-refractivity contribution in [2.45, 2.75) is 12.5 Å². The standard InChI is InChI=1S/C12H16N4/c1-2-5-10-9(4-1)15-12(16-10)11-8-13-6-3-7-14-11/h1-2,4-5,11,13-14H,3,6-8H2,(H,15,16). The number of imidazole rings is 1. The van der Waals surface area contributed by atoms with Crippen molar-refractivity contribution in [3.05, 3.63) is 30.1 Å². The zero-order chi connectivity index (χ0) is 10.8. The summed E-state index contributed by atoms with van der Waals surface area (Å²) < 4.78 is 0. The van der Waals surface area contributed by atoms with Crippen molar-refractivity contribution in [3.63, 3.8) is 0 Å². The van der Waals surface area contributed by atoms with Gasteiger partial charge >= 0.3 is 0 Å². The first kappa shape index (κ1) is 9.81. The zero-order valence-electron chi connectivity index (χ0n) is 9.16. The van der Waals surface area contributed by atoms with E-state index >= 15 is 0 Å². The molecule has 0 saturated carbocycles. The van der Waals surface area contributed by atoms with Crippen LogP contribution in [0.25, 0.3) is 11.0 Å². The van der Waals surface area contributed by atoms with Crippen LogP contribution in [0.15, 0.2) is 24.3 Å². The number of nitrogens with one attached hydrogen (secondary N) is 3. The molecular formula is C12H16N4. The van der Waals surface area contributed by atoms with Gasteiger partial charge in [0.05, 0.1) is 17.1 Å². The number of hydrogen-bond donors (Lipinski definition) is 3. The molecule has 16 heavy (non-hydrogen) atoms. The maximum Gasteiger partial charge on any atom is 0.125 e. The van der Waals surface area contributed by atoms with Gasteiger partial charge in [-0.05, 0) is 31.6 Å². The topological polar surface area (TPSA) is 52.7 Å². The second-order valence-corrected chi connectivity index (χ2v) is 4.20. The van der Waals surface area contributed by atoms with E-state index in [4.69, 9.17) is 0 Å². The van der Waals surface area contributed by atoms with Gasteiger partial charge in [-0.25, -0.2) is 4.98 Å². The van der Waals surface area contributed by atoms with Crippen LogP contribution in [-0.4, -0.2) is 29.6 Å². The van der Waals surface area contributed by atoms with Gasteiger partial charge in [-0.3, -0.25) is 0 Å². The minimum atomic E-state index is 0.301. The highest BCUT2D eigenvalue weighted by atomic mass is 15.1. The van der Waals surface area contributed by atoms with Crippen molar-refractivity contribution in [2.75, 3.05) is 19.6 Å². The lowest BCUT2D eigenvalue weighted by Gasteiger charge is -2.12. The molecule has 1 atom stereocenters. The lowest BCUT2D eigenvalue weighted by molar-refractivity contribution is 0.531. The average Bonchev–Trinajstić information content (AvgIpc) is 2.56. The van der Waals surface area contributed by atoms with E-state index in [1.807, 2.05) is 18.2 Å². The van der Waals surface area contributed by atoms with Crippen LogP contribution in [0.2, 0.25) is 0 Å². The number of H-pyrrole nitrogens is 1. The van der Waals surface area contributed by atoms with Crippen LogP contribution in [0.3, 0.4) is 0 Å². The molecule has 0 radical (unpaired) electrons. The van der Waals surface area contributed by atoms with E-state index in [1.165, 1.54) is 6.42 Å². The van der Waals surface area contributed by atoms with Crippen molar-refractivity contribution >= 4 is 11.0 Å². The van der Waals surface area contributed by atoms with Crippen molar-refractivity contribution in [2.24, 2.45) is 0 Å². The third kappa shape index (κ3) is 1.81. The highest BCUT2D eigenvalue weighted by Gasteiger charge is 2.16. The van der Waals surface area contributed by atoms with Crippen molar-refractivity contribution < 1.29 is 0 Å². The van der Waals surface area contributed by atoms with Crippen LogP contribution in [0.1, 0.15) is 18.3 Å². The van der Waals surface area contributed by atoms with E-state index in [9.17, 15) is 0 Å². The predicted molar refractivity (Wildman–Crippen MR) is 64.3 cm³/mol. The van der Waals surface area contributed by atoms with E-state index in [0.717, 1.165) is 36.5 Å². The molecule has 3 N–H and O–H groups in total. The van der Waals surface area contributed by atoms with Crippen LogP contribution >= 0.6 is 0 Å². The minimum Gasteiger partial charge on any atom is -0.341 e. The molecule has 1 aliphatic heterocycles. The second-order valence-electron chi connectivity index (χ2n) is 4.20. The number of para-hydroxylation sites is 2. The average molecular weight is 216 g/mol. The largest absolute Gasteiger partial charge is 0.341 e. The Morgan fingerprint density at radius 2 is 2.12 bits per heavy atom. The third-order valence-corrected chi connectivity index (χ3v) is 3.01. The summed E-state index contributed by atoms with van der Waals surface area (Å²) >= 11 is 0. The monoisotopic (exact) mass is 216 g/mol. The zero-order valence-corrected chi connectivity index (χ0v) is 9.16. The number of aromatic amines is 1. The molecule has 0 aliphatic carbocycles. The van der Waals surface area contributed by atoms with Gasteiger partial charge in [0.15, 0.2) is 0 Å². The molecule has 84 valence electrons. The van der Waals surface area contributed by atoms with Crippen molar-refractivity contribution in [1.82, 2.24) is 20.6 Å². The molecule has 1 aromatic heterocycles. The fourth-order valence-electron chi connectivity index (χ4n) is 2.14. The Morgan fingerprint density at radius 1 is 1.19 bits per heavy atom. The Morgan fingerprint density at radius 3 is 3.06 bits per heavy atom. The first-order valence-corrected chi connectivity index (χ1v) is 5.82. The molecule has 0 amide bonds. The lowest BCUT2D eigenvalue weighted by atomic mass is 10.3. The number of fused-ring (bicyclic) bond motifs is 1. The van der Waals surface area contributed by atoms with Crippen LogP contribution in [0, 0.1) is 0 Å². The Hall–Kier alpha value is -1.39. The van der Waals surface area contributed by atoms with E-state index in [0.29, 0.717) is 6.04 Å². The molecule has 4 nitrogen and oxygen atoms in total. The summed E-state index contributed by atoms with van der Waals surface area (Å²) in [5, 5.41) is 6.92. The fourth-order valence-corrected chi connectivity index (χ4v) is 2.14. The minimum absolute atomic E-state index is 0.301. The van der Waals surface area contributed by atoms with E-state index in [-0.39, 0.29) is 0 Å². The summed E-state index contributed by atoms with van der Waals surface area (Å²) in [5.41, 5.74) is 2.16. The molecule has 1 aromatic carbocycles. The van der Waals surface area contributed by atoms with Crippen LogP contribution < -0.4 is 10.6 Å². The smallest absolute Gasteiger partial charge is 0.125 e. The SMILES string of the molecule is c1ccc2[nH]c(C3CNCCCN3)nc2c1. The van der Waals surface area contributed by atoms with Gasteiger partial charge in [-0.2, -0.15) is 0 Å². The van der Waals surface area contributed by atoms with Crippen LogP contribution in [0.4, 0.5) is 0 Å². The number of aromatic nitrogens is 2. The summed E-state index contributed by atoms with van der Waals surface area (Å²) in [4.78, 5) is 8.00. The van der Waals surface area contributed by atoms with Gasteiger partial charge < -0.3 is 15.6 Å². The summed E-state index contributed by atoms with van der Waals surface area (Å²) in [6, 6.07) is 8.46. The molecular weight excluding hydrogens is 200 g/mol. The maximum atomic E-state index is 4.62. The first-order valence-electron chi connectivity index (χ1n) is 5.82. The number of rotatable bonds is 1. The number of nitrogens with zero attached hydrogens (tertiary/aromatic N) is 1. The molecule has 4 heteroatoms. The van der Waals surface area contributed by atoms with Crippen LogP contribution in [0.5, 0.6) is 0 Å². The summed E-state index contributed by atoms with van der Waals surface area (Å²) in [5.74, 6) is 1.04. The highest BCUT2D eigenvalue weighted by molar-refractivity contribution is 5.74. The van der Waals surface area contributed by atoms with Gasteiger partial charge in [0, 0.05) is 6.54 Å². The van der Waals surface area contributed by atoms with Gasteiger partial charge in [0.25, 0.3) is 0 Å². The molecule has 1 unspecified atom stereocenters. The van der Waals surface area contributed by atoms with Crippen molar-refractivity contribution in [1.29, 1.82) is 0 Å². The van der Waals surface area contributed by atoms with Crippen molar-refractivity contribution in [3.8, 4) is 0 Å². The summed E-state index contributed by atoms with van der Waals surface area (Å²) in [6.07, 6.45) is 1.18. The molecule has 0 bridgehead atoms. The number of hydrogen-bond acceptors (Lipinski definition) is 3. The first-order chi connectivity index (χ1) is 7.93. The summed E-state index contributed by atoms with van der Waals surface area (Å²) in [6.45, 7) is 3.08. The quantitative estimate of drug-likeness (QED) is 0.671. The molecule has 1 aliphatic rings. The Bertz CT molecular complexity index is 436. The van der Waals surface area contributed by atoms with E-state index in [1.54, 1.807) is 0 Å². The van der Waals surface area contributed by atoms with E-state index < -0.39 is 0 Å². The maximum absolute atomic E-state index is 4.62. The van der Waals surface area contributed by atoms with E-state index in [2.05, 4.69) is 26.7 Å². The van der Waals surface area contributed by atoms with Gasteiger partial charge in [0.1, 0.15) is 5.82 Å². The Labute approximate surface area is 94.5 Å². The number of benzene rings is 1. The Kier molecular flexibility index (Phi) is 2.60. The third-order valence-electron chi connectivity index (χ3n) is 3.01. The predicted octanol–water partition coefficient (Wildman–Crippen LogP) is 1.19. The van der Waals surface area contributed by atoms with Gasteiger partial charge in [0.2, 0.25) is 0 Å². The molecule has 1 saturated heterocycles. The molecule has 2 heterocycles. The van der Waals surface area contributed by atoms with Gasteiger partial charge in [-0.1, -0.05) is 12.1 Å². The Balaban J connectivity index is 1.92. The normalized spacial score (nSPS) is 22.1. The second kappa shape index (κ2) is 4.23. The van der Waals surface area contributed by atoms with Gasteiger partial charge in [-0.15, -0.1) is 0 Å². The molecule has 3 rings (SSSR count). The molecule has 1 fully saturated rings. The molecule has 0 spiro atoms.